The topological polar surface area (TPSA) is 49.5 Å². The Morgan fingerprint density at radius 3 is 1.80 bits per heavy atom. The zero-order valence-corrected chi connectivity index (χ0v) is 7.20. The second kappa shape index (κ2) is 3.96. The summed E-state index contributed by atoms with van der Waals surface area (Å²) in [4.78, 5) is 1.46. The van der Waals surface area contributed by atoms with Crippen LogP contribution >= 0.6 is 0 Å². The van der Waals surface area contributed by atoms with Crippen LogP contribution in [0, 0.1) is 0 Å². The fourth-order valence-corrected chi connectivity index (χ4v) is 0.650. The van der Waals surface area contributed by atoms with E-state index in [1.807, 2.05) is 27.7 Å². The van der Waals surface area contributed by atoms with E-state index in [-0.39, 0.29) is 11.9 Å². The lowest BCUT2D eigenvalue weighted by atomic mass is 9.68. The van der Waals surface area contributed by atoms with Gasteiger partial charge < -0.3 is 5.02 Å². The second-order valence-corrected chi connectivity index (χ2v) is 3.20. The molecule has 0 aliphatic rings. The number of nitrogens with zero attached hydrogens (tertiary/aromatic N) is 1. The minimum absolute atomic E-state index is 0.187. The van der Waals surface area contributed by atoms with Gasteiger partial charge in [-0.2, -0.15) is 0 Å². The summed E-state index contributed by atoms with van der Waals surface area (Å²) in [6.45, 7) is 7.77. The first-order chi connectivity index (χ1) is 4.46. The van der Waals surface area contributed by atoms with E-state index in [1.165, 1.54) is 4.92 Å². The van der Waals surface area contributed by atoms with E-state index < -0.39 is 7.05 Å². The molecule has 0 aromatic heterocycles. The van der Waals surface area contributed by atoms with Crippen LogP contribution in [0.25, 0.3) is 0 Å². The Balaban J connectivity index is 3.81. The van der Waals surface area contributed by atoms with Gasteiger partial charge in [0.25, 0.3) is 0 Å². The summed E-state index contributed by atoms with van der Waals surface area (Å²) in [5, 5.41) is 9.37. The van der Waals surface area contributed by atoms with Crippen molar-refractivity contribution in [3.05, 3.63) is 0 Å². The highest BCUT2D eigenvalue weighted by Gasteiger charge is 2.24. The lowest BCUT2D eigenvalue weighted by Gasteiger charge is -2.25. The average Bonchev–Trinajstić information content (AvgIpc) is 1.84. The molecule has 0 fully saturated rings. The minimum Gasteiger partial charge on any atom is -0.436 e. The monoisotopic (exact) mass is 144 g/mol. The molecule has 3 N–H and O–H groups in total. The number of hydrogen-bond acceptors (Lipinski definition) is 3. The minimum atomic E-state index is -0.528. The van der Waals surface area contributed by atoms with Crippen molar-refractivity contribution in [1.29, 1.82) is 0 Å². The SMILES string of the molecule is CC(C)B(O)N(N)C(C)C. The summed E-state index contributed by atoms with van der Waals surface area (Å²) in [7, 11) is -0.528. The standard InChI is InChI=1S/C6H17BN2O/c1-5(2)7(10)9(8)6(3)4/h5-6,10H,8H2,1-4H3. The Kier molecular flexibility index (Phi) is 3.94. The van der Waals surface area contributed by atoms with Crippen LogP contribution in [-0.2, 0) is 0 Å². The maximum atomic E-state index is 9.37. The smallest absolute Gasteiger partial charge is 0.396 e. The first kappa shape index (κ1) is 9.94. The molecule has 0 atom stereocenters. The fourth-order valence-electron chi connectivity index (χ4n) is 0.650. The molecular weight excluding hydrogens is 127 g/mol. The van der Waals surface area contributed by atoms with E-state index in [0.29, 0.717) is 0 Å². The van der Waals surface area contributed by atoms with Gasteiger partial charge in [0.05, 0.1) is 0 Å². The van der Waals surface area contributed by atoms with Gasteiger partial charge in [-0.25, -0.2) is 0 Å². The predicted octanol–water partition coefficient (Wildman–Crippen LogP) is 0.461. The van der Waals surface area contributed by atoms with E-state index in [1.54, 1.807) is 0 Å². The van der Waals surface area contributed by atoms with Crippen molar-refractivity contribution >= 4 is 7.05 Å². The molecule has 0 amide bonds. The van der Waals surface area contributed by atoms with Crippen LogP contribution in [-0.4, -0.2) is 23.0 Å². The van der Waals surface area contributed by atoms with Gasteiger partial charge in [-0.3, -0.25) is 10.8 Å². The number of hydrazine groups is 1. The molecule has 0 aliphatic heterocycles. The summed E-state index contributed by atoms with van der Waals surface area (Å²) in [5.74, 6) is 5.73. The molecule has 0 unspecified atom stereocenters. The van der Waals surface area contributed by atoms with Crippen molar-refractivity contribution < 1.29 is 5.02 Å². The highest BCUT2D eigenvalue weighted by Crippen LogP contribution is 2.07. The van der Waals surface area contributed by atoms with Gasteiger partial charge in [-0.05, 0) is 19.7 Å². The van der Waals surface area contributed by atoms with E-state index in [4.69, 9.17) is 5.84 Å². The molecular formula is C6H17BN2O. The zero-order valence-electron chi connectivity index (χ0n) is 7.20. The van der Waals surface area contributed by atoms with Crippen LogP contribution < -0.4 is 5.84 Å². The Hall–Kier alpha value is -0.0551. The summed E-state index contributed by atoms with van der Waals surface area (Å²) in [6.07, 6.45) is 0. The molecule has 0 saturated heterocycles. The van der Waals surface area contributed by atoms with Crippen molar-refractivity contribution in [2.24, 2.45) is 5.84 Å². The van der Waals surface area contributed by atoms with Crippen LogP contribution in [0.15, 0.2) is 0 Å². The Bertz CT molecular complexity index is 85.7. The van der Waals surface area contributed by atoms with Crippen molar-refractivity contribution in [2.45, 2.75) is 39.6 Å². The van der Waals surface area contributed by atoms with Crippen LogP contribution in [0.4, 0.5) is 0 Å². The van der Waals surface area contributed by atoms with Gasteiger partial charge in [0.15, 0.2) is 0 Å². The molecule has 0 spiro atoms. The fraction of sp³-hybridized carbons (Fsp3) is 1.00. The summed E-state index contributed by atoms with van der Waals surface area (Å²) < 4.78 is 0. The van der Waals surface area contributed by atoms with Crippen molar-refractivity contribution in [3.63, 3.8) is 0 Å². The first-order valence-corrected chi connectivity index (χ1v) is 3.68. The maximum absolute atomic E-state index is 9.37. The lowest BCUT2D eigenvalue weighted by molar-refractivity contribution is 0.311. The predicted molar refractivity (Wildman–Crippen MR) is 44.2 cm³/mol. The third kappa shape index (κ3) is 2.69. The number of nitrogens with two attached hydrogens (primary N) is 1. The molecule has 0 radical (unpaired) electrons. The Morgan fingerprint density at radius 1 is 1.30 bits per heavy atom. The Labute approximate surface area is 63.3 Å². The van der Waals surface area contributed by atoms with E-state index in [9.17, 15) is 5.02 Å². The van der Waals surface area contributed by atoms with Gasteiger partial charge in [0, 0.05) is 6.04 Å². The summed E-state index contributed by atoms with van der Waals surface area (Å²) in [6, 6.07) is 0.192. The molecule has 10 heavy (non-hydrogen) atoms. The normalized spacial score (nSPS) is 11.7. The van der Waals surface area contributed by atoms with Gasteiger partial charge in [0.1, 0.15) is 0 Å². The largest absolute Gasteiger partial charge is 0.436 e. The molecule has 0 saturated carbocycles. The third-order valence-electron chi connectivity index (χ3n) is 1.50. The molecule has 3 nitrogen and oxygen atoms in total. The van der Waals surface area contributed by atoms with Gasteiger partial charge in [0.2, 0.25) is 0 Å². The average molecular weight is 144 g/mol. The van der Waals surface area contributed by atoms with Gasteiger partial charge in [-0.15, -0.1) is 0 Å². The zero-order chi connectivity index (χ0) is 8.31. The molecule has 0 aliphatic carbocycles. The van der Waals surface area contributed by atoms with Crippen molar-refractivity contribution in [1.82, 2.24) is 4.92 Å². The molecule has 60 valence electrons. The van der Waals surface area contributed by atoms with Crippen molar-refractivity contribution in [3.8, 4) is 0 Å². The van der Waals surface area contributed by atoms with Gasteiger partial charge >= 0.3 is 7.05 Å². The van der Waals surface area contributed by atoms with Crippen LogP contribution in [0.1, 0.15) is 27.7 Å². The van der Waals surface area contributed by atoms with Crippen LogP contribution in [0.3, 0.4) is 0 Å². The highest BCUT2D eigenvalue weighted by atomic mass is 16.2. The van der Waals surface area contributed by atoms with E-state index in [0.717, 1.165) is 0 Å². The molecule has 0 rings (SSSR count). The molecule has 4 heteroatoms. The number of rotatable bonds is 3. The quantitative estimate of drug-likeness (QED) is 0.343. The highest BCUT2D eigenvalue weighted by molar-refractivity contribution is 6.48. The molecule has 0 aromatic carbocycles. The van der Waals surface area contributed by atoms with E-state index in [2.05, 4.69) is 0 Å². The number of hydrogen-bond donors (Lipinski definition) is 2. The lowest BCUT2D eigenvalue weighted by Crippen LogP contribution is -2.50. The van der Waals surface area contributed by atoms with Crippen molar-refractivity contribution in [2.75, 3.05) is 0 Å². The van der Waals surface area contributed by atoms with Gasteiger partial charge in [-0.1, -0.05) is 13.8 Å². The summed E-state index contributed by atoms with van der Waals surface area (Å²) >= 11 is 0. The molecule has 0 bridgehead atoms. The molecule has 0 aromatic rings. The summed E-state index contributed by atoms with van der Waals surface area (Å²) in [5.41, 5.74) is 0. The van der Waals surface area contributed by atoms with Crippen LogP contribution in [0.2, 0.25) is 5.82 Å². The third-order valence-corrected chi connectivity index (χ3v) is 1.50. The molecule has 0 heterocycles. The van der Waals surface area contributed by atoms with Crippen LogP contribution in [0.5, 0.6) is 0 Å². The second-order valence-electron chi connectivity index (χ2n) is 3.20. The van der Waals surface area contributed by atoms with E-state index >= 15 is 0 Å². The first-order valence-electron chi connectivity index (χ1n) is 3.68. The Morgan fingerprint density at radius 2 is 1.70 bits per heavy atom. The maximum Gasteiger partial charge on any atom is 0.396 e.